The zero-order valence-corrected chi connectivity index (χ0v) is 22.6. The highest BCUT2D eigenvalue weighted by atomic mass is 16.1. The van der Waals surface area contributed by atoms with Gasteiger partial charge in [-0.05, 0) is 116 Å². The number of Topliss-reactive ketones (excluding diaryl/α,β-unsaturated/α-hetero) is 2. The van der Waals surface area contributed by atoms with Gasteiger partial charge >= 0.3 is 0 Å². The Balaban J connectivity index is 1.09. The molecule has 2 aromatic rings. The van der Waals surface area contributed by atoms with E-state index in [9.17, 15) is 9.59 Å². The van der Waals surface area contributed by atoms with Crippen molar-refractivity contribution >= 4 is 11.6 Å². The predicted octanol–water partition coefficient (Wildman–Crippen LogP) is 7.84. The van der Waals surface area contributed by atoms with Crippen LogP contribution in [-0.2, 0) is 9.59 Å². The fourth-order valence-corrected chi connectivity index (χ4v) is 11.6. The van der Waals surface area contributed by atoms with Crippen LogP contribution >= 0.6 is 0 Å². The minimum Gasteiger partial charge on any atom is -0.299 e. The molecule has 2 heteroatoms. The average molecular weight is 507 g/mol. The average Bonchev–Trinajstić information content (AvgIpc) is 3.27. The van der Waals surface area contributed by atoms with Gasteiger partial charge in [0.25, 0.3) is 0 Å². The Morgan fingerprint density at radius 1 is 0.447 bits per heavy atom. The van der Waals surface area contributed by atoms with E-state index in [0.29, 0.717) is 58.9 Å². The van der Waals surface area contributed by atoms with Crippen molar-refractivity contribution in [1.29, 1.82) is 0 Å². The molecule has 0 saturated heterocycles. The summed E-state index contributed by atoms with van der Waals surface area (Å²) in [7, 11) is 0. The Morgan fingerprint density at radius 2 is 1.00 bits per heavy atom. The van der Waals surface area contributed by atoms with Crippen molar-refractivity contribution in [2.24, 2.45) is 59.2 Å². The second-order valence-electron chi connectivity index (χ2n) is 14.0. The maximum absolute atomic E-state index is 14.2. The zero-order valence-electron chi connectivity index (χ0n) is 22.6. The molecule has 38 heavy (non-hydrogen) atoms. The van der Waals surface area contributed by atoms with E-state index in [-0.39, 0.29) is 23.7 Å². The van der Waals surface area contributed by atoms with E-state index in [0.717, 1.165) is 25.7 Å². The van der Waals surface area contributed by atoms with Crippen molar-refractivity contribution < 1.29 is 9.59 Å². The first kappa shape index (κ1) is 23.6. The molecule has 0 N–H and O–H groups in total. The molecule has 0 heterocycles. The molecule has 6 aliphatic carbocycles. The van der Waals surface area contributed by atoms with Gasteiger partial charge in [-0.1, -0.05) is 67.1 Å². The van der Waals surface area contributed by atoms with Crippen LogP contribution in [-0.4, -0.2) is 11.6 Å². The summed E-state index contributed by atoms with van der Waals surface area (Å²) in [5.41, 5.74) is 2.86. The van der Waals surface area contributed by atoms with Gasteiger partial charge in [-0.2, -0.15) is 0 Å². The lowest BCUT2D eigenvalue weighted by Crippen LogP contribution is -2.57. The summed E-state index contributed by atoms with van der Waals surface area (Å²) in [6.07, 6.45) is 11.7. The third-order valence-electron chi connectivity index (χ3n) is 12.8. The molecule has 0 aliphatic heterocycles. The van der Waals surface area contributed by atoms with Crippen LogP contribution in [0.25, 0.3) is 0 Å². The van der Waals surface area contributed by atoms with Crippen LogP contribution in [0.15, 0.2) is 60.7 Å². The van der Waals surface area contributed by atoms with Gasteiger partial charge in [-0.3, -0.25) is 9.59 Å². The molecule has 6 fully saturated rings. The first-order chi connectivity index (χ1) is 18.7. The largest absolute Gasteiger partial charge is 0.299 e. The molecule has 0 radical (unpaired) electrons. The van der Waals surface area contributed by atoms with Crippen LogP contribution in [0.2, 0.25) is 0 Å². The van der Waals surface area contributed by atoms with Crippen LogP contribution in [0, 0.1) is 59.2 Å². The number of carbonyl (C=O) groups excluding carboxylic acids is 2. The lowest BCUT2D eigenvalue weighted by molar-refractivity contribution is -0.158. The molecule has 6 saturated carbocycles. The van der Waals surface area contributed by atoms with Crippen LogP contribution in [0.4, 0.5) is 0 Å². The number of hydrogen-bond donors (Lipinski definition) is 0. The van der Waals surface area contributed by atoms with Crippen molar-refractivity contribution in [3.8, 4) is 0 Å². The summed E-state index contributed by atoms with van der Waals surface area (Å²) in [5.74, 6) is 6.89. The molecule has 0 amide bonds. The van der Waals surface area contributed by atoms with E-state index < -0.39 is 0 Å². The van der Waals surface area contributed by atoms with Crippen molar-refractivity contribution in [1.82, 2.24) is 0 Å². The van der Waals surface area contributed by atoms with E-state index in [1.165, 1.54) is 49.7 Å². The zero-order chi connectivity index (χ0) is 25.4. The Hall–Kier alpha value is -2.22. The summed E-state index contributed by atoms with van der Waals surface area (Å²) in [6.45, 7) is 0. The van der Waals surface area contributed by atoms with Gasteiger partial charge in [0.05, 0.1) is 0 Å². The third-order valence-corrected chi connectivity index (χ3v) is 12.8. The number of benzene rings is 2. The highest BCUT2D eigenvalue weighted by molar-refractivity contribution is 5.88. The van der Waals surface area contributed by atoms with Crippen molar-refractivity contribution in [3.05, 3.63) is 71.8 Å². The Labute approximate surface area is 228 Å². The molecular formula is C36H42O2. The topological polar surface area (TPSA) is 34.1 Å². The number of ketones is 2. The van der Waals surface area contributed by atoms with Crippen LogP contribution in [0.1, 0.15) is 87.2 Å². The van der Waals surface area contributed by atoms with Gasteiger partial charge < -0.3 is 0 Å². The highest BCUT2D eigenvalue weighted by Gasteiger charge is 2.64. The first-order valence-electron chi connectivity index (χ1n) is 15.9. The van der Waals surface area contributed by atoms with Crippen molar-refractivity contribution in [3.63, 3.8) is 0 Å². The normalized spacial score (nSPS) is 45.5. The molecule has 198 valence electrons. The van der Waals surface area contributed by atoms with Gasteiger partial charge in [-0.25, -0.2) is 0 Å². The Morgan fingerprint density at radius 3 is 1.66 bits per heavy atom. The van der Waals surface area contributed by atoms with Crippen LogP contribution in [0.3, 0.4) is 0 Å². The number of carbonyl (C=O) groups is 2. The van der Waals surface area contributed by atoms with E-state index >= 15 is 0 Å². The molecule has 12 atom stereocenters. The monoisotopic (exact) mass is 506 g/mol. The lowest BCUT2D eigenvalue weighted by atomic mass is 9.44. The second kappa shape index (κ2) is 9.17. The molecule has 8 rings (SSSR count). The van der Waals surface area contributed by atoms with Crippen LogP contribution < -0.4 is 0 Å². The predicted molar refractivity (Wildman–Crippen MR) is 149 cm³/mol. The quantitative estimate of drug-likeness (QED) is 0.416. The molecule has 0 spiro atoms. The maximum atomic E-state index is 14.2. The summed E-state index contributed by atoms with van der Waals surface area (Å²) in [5, 5.41) is 0. The van der Waals surface area contributed by atoms with Gasteiger partial charge in [0, 0.05) is 23.7 Å². The molecule has 12 unspecified atom stereocenters. The minimum absolute atomic E-state index is 0.233. The number of fused-ring (bicyclic) bond motifs is 6. The number of hydrogen-bond acceptors (Lipinski definition) is 2. The van der Waals surface area contributed by atoms with Gasteiger partial charge in [0.1, 0.15) is 11.6 Å². The van der Waals surface area contributed by atoms with Crippen molar-refractivity contribution in [2.45, 2.75) is 76.0 Å². The summed E-state index contributed by atoms with van der Waals surface area (Å²) >= 11 is 0. The minimum atomic E-state index is 0.233. The first-order valence-corrected chi connectivity index (χ1v) is 15.9. The fourth-order valence-electron chi connectivity index (χ4n) is 11.6. The van der Waals surface area contributed by atoms with Gasteiger partial charge in [0.2, 0.25) is 0 Å². The molecule has 2 nitrogen and oxygen atoms in total. The van der Waals surface area contributed by atoms with Gasteiger partial charge in [-0.15, -0.1) is 0 Å². The summed E-state index contributed by atoms with van der Waals surface area (Å²) < 4.78 is 0. The standard InChI is InChI=1S/C36H42O2/c37-35-28-13-7-12-27-33-26-17-15-24(22-10-5-2-6-11-22)19-31(26)36(38)32(33)20-29(34(27)28)25-16-14-23(18-30(25)35)21-8-3-1-4-9-21/h1-6,8-11,23-34H,7,12-20H2. The molecule has 6 aliphatic rings. The molecule has 0 bridgehead atoms. The SMILES string of the molecule is O=C1C2CC(c3ccccc3)CCC2C2C1CC1C3CCC(c4ccccc4)CC3C(=O)C3CCCC2C31. The lowest BCUT2D eigenvalue weighted by Gasteiger charge is -2.59. The number of rotatable bonds is 2. The van der Waals surface area contributed by atoms with E-state index in [4.69, 9.17) is 0 Å². The van der Waals surface area contributed by atoms with Crippen molar-refractivity contribution in [2.75, 3.05) is 0 Å². The third kappa shape index (κ3) is 3.50. The second-order valence-corrected chi connectivity index (χ2v) is 14.0. The van der Waals surface area contributed by atoms with E-state index in [2.05, 4.69) is 60.7 Å². The molecule has 0 aromatic heterocycles. The summed E-state index contributed by atoms with van der Waals surface area (Å²) in [6, 6.07) is 21.9. The molecular weight excluding hydrogens is 464 g/mol. The Kier molecular flexibility index (Phi) is 5.71. The van der Waals surface area contributed by atoms with E-state index in [1.807, 2.05) is 0 Å². The van der Waals surface area contributed by atoms with Gasteiger partial charge in [0.15, 0.2) is 0 Å². The maximum Gasteiger partial charge on any atom is 0.139 e. The highest BCUT2D eigenvalue weighted by Crippen LogP contribution is 2.66. The molecule has 2 aromatic carbocycles. The Bertz CT molecular complexity index is 1200. The van der Waals surface area contributed by atoms with E-state index in [1.54, 1.807) is 0 Å². The smallest absolute Gasteiger partial charge is 0.139 e. The fraction of sp³-hybridized carbons (Fsp3) is 0.611. The van der Waals surface area contributed by atoms with Crippen LogP contribution in [0.5, 0.6) is 0 Å². The summed E-state index contributed by atoms with van der Waals surface area (Å²) in [4.78, 5) is 28.4.